The summed E-state index contributed by atoms with van der Waals surface area (Å²) in [6.07, 6.45) is 2.43. The van der Waals surface area contributed by atoms with E-state index >= 15 is 0 Å². The van der Waals surface area contributed by atoms with E-state index in [9.17, 15) is 0 Å². The first-order chi connectivity index (χ1) is 5.92. The third kappa shape index (κ3) is 2.14. The molecular formula is C12H13Zr-. The minimum Gasteiger partial charge on any atom is -0.168 e. The maximum absolute atomic E-state index is 2.24. The van der Waals surface area contributed by atoms with Crippen LogP contribution in [-0.4, -0.2) is 0 Å². The second kappa shape index (κ2) is 4.81. The summed E-state index contributed by atoms with van der Waals surface area (Å²) in [6.45, 7) is 2.22. The zero-order valence-corrected chi connectivity index (χ0v) is 10.3. The first-order valence-corrected chi connectivity index (χ1v) is 4.55. The summed E-state index contributed by atoms with van der Waals surface area (Å²) in [6, 6.07) is 13.0. The van der Waals surface area contributed by atoms with Crippen molar-refractivity contribution < 1.29 is 26.2 Å². The Bertz CT molecular complexity index is 373. The first kappa shape index (κ1) is 10.8. The molecule has 0 saturated heterocycles. The van der Waals surface area contributed by atoms with Gasteiger partial charge in [0.2, 0.25) is 0 Å². The number of fused-ring (bicyclic) bond motifs is 1. The van der Waals surface area contributed by atoms with Crippen LogP contribution in [-0.2, 0) is 32.6 Å². The molecule has 0 radical (unpaired) electrons. The second-order valence-corrected chi connectivity index (χ2v) is 3.20. The zero-order chi connectivity index (χ0) is 8.39. The summed E-state index contributed by atoms with van der Waals surface area (Å²) in [5.41, 5.74) is 1.49. The molecule has 0 fully saturated rings. The Hall–Kier alpha value is -0.287. The molecule has 0 aliphatic heterocycles. The molecule has 0 nitrogen and oxygen atoms in total. The van der Waals surface area contributed by atoms with Crippen LogP contribution in [0.1, 0.15) is 18.9 Å². The maximum Gasteiger partial charge on any atom is 0 e. The SMILES string of the molecule is CCC[c-]1ccc2ccccc21.[Zr]. The van der Waals surface area contributed by atoms with Crippen LogP contribution >= 0.6 is 0 Å². The van der Waals surface area contributed by atoms with Crippen LogP contribution in [0, 0.1) is 0 Å². The van der Waals surface area contributed by atoms with E-state index in [2.05, 4.69) is 43.3 Å². The Kier molecular flexibility index (Phi) is 4.00. The molecule has 0 spiro atoms. The van der Waals surface area contributed by atoms with E-state index in [0.717, 1.165) is 0 Å². The summed E-state index contributed by atoms with van der Waals surface area (Å²) in [4.78, 5) is 0. The molecule has 13 heavy (non-hydrogen) atoms. The van der Waals surface area contributed by atoms with Gasteiger partial charge in [-0.2, -0.15) is 6.07 Å². The first-order valence-electron chi connectivity index (χ1n) is 4.55. The van der Waals surface area contributed by atoms with Gasteiger partial charge in [0.1, 0.15) is 0 Å². The zero-order valence-electron chi connectivity index (χ0n) is 7.88. The van der Waals surface area contributed by atoms with Gasteiger partial charge in [0.15, 0.2) is 0 Å². The molecule has 0 atom stereocenters. The predicted octanol–water partition coefficient (Wildman–Crippen LogP) is 3.51. The van der Waals surface area contributed by atoms with E-state index in [0.29, 0.717) is 0 Å². The largest absolute Gasteiger partial charge is 0.168 e. The maximum atomic E-state index is 2.24. The normalized spacial score (nSPS) is 9.92. The van der Waals surface area contributed by atoms with E-state index in [1.54, 1.807) is 0 Å². The number of hydrogen-bond acceptors (Lipinski definition) is 0. The van der Waals surface area contributed by atoms with Crippen molar-refractivity contribution in [2.45, 2.75) is 19.8 Å². The molecule has 2 aromatic carbocycles. The Morgan fingerprint density at radius 2 is 1.92 bits per heavy atom. The van der Waals surface area contributed by atoms with Crippen LogP contribution in [0.3, 0.4) is 0 Å². The van der Waals surface area contributed by atoms with Crippen LogP contribution < -0.4 is 0 Å². The molecule has 66 valence electrons. The van der Waals surface area contributed by atoms with Crippen LogP contribution in [0.4, 0.5) is 0 Å². The molecule has 0 amide bonds. The fourth-order valence-electron chi connectivity index (χ4n) is 1.70. The number of benzene rings is 1. The molecule has 2 aromatic rings. The van der Waals surface area contributed by atoms with Crippen molar-refractivity contribution in [3.05, 3.63) is 42.0 Å². The van der Waals surface area contributed by atoms with Gasteiger partial charge in [0, 0.05) is 26.2 Å². The molecule has 0 saturated carbocycles. The van der Waals surface area contributed by atoms with Gasteiger partial charge < -0.3 is 0 Å². The fraction of sp³-hybridized carbons (Fsp3) is 0.250. The number of aryl methyl sites for hydroxylation is 1. The average Bonchev–Trinajstić information content (AvgIpc) is 2.50. The quantitative estimate of drug-likeness (QED) is 0.714. The fourth-order valence-corrected chi connectivity index (χ4v) is 1.70. The van der Waals surface area contributed by atoms with Gasteiger partial charge in [0.25, 0.3) is 0 Å². The van der Waals surface area contributed by atoms with Gasteiger partial charge in [-0.1, -0.05) is 25.8 Å². The second-order valence-electron chi connectivity index (χ2n) is 3.20. The number of rotatable bonds is 2. The van der Waals surface area contributed by atoms with E-state index in [1.165, 1.54) is 29.2 Å². The van der Waals surface area contributed by atoms with E-state index < -0.39 is 0 Å². The van der Waals surface area contributed by atoms with Crippen molar-refractivity contribution >= 4 is 10.8 Å². The van der Waals surface area contributed by atoms with Gasteiger partial charge in [0.05, 0.1) is 0 Å². The Morgan fingerprint density at radius 3 is 2.69 bits per heavy atom. The van der Waals surface area contributed by atoms with Gasteiger partial charge in [-0.15, -0.1) is 40.6 Å². The smallest absolute Gasteiger partial charge is 0 e. The van der Waals surface area contributed by atoms with Crippen molar-refractivity contribution in [1.29, 1.82) is 0 Å². The van der Waals surface area contributed by atoms with Gasteiger partial charge in [-0.3, -0.25) is 0 Å². The topological polar surface area (TPSA) is 0 Å². The molecular weight excluding hydrogens is 235 g/mol. The molecule has 1 heteroatoms. The Balaban J connectivity index is 0.000000845. The Labute approximate surface area is 98.4 Å². The van der Waals surface area contributed by atoms with E-state index in [1.807, 2.05) is 0 Å². The third-order valence-corrected chi connectivity index (χ3v) is 2.29. The molecule has 0 aliphatic rings. The Morgan fingerprint density at radius 1 is 1.15 bits per heavy atom. The standard InChI is InChI=1S/C12H13.Zr/c1-2-5-10-8-9-11-6-3-4-7-12(10)11;/h3-4,6-9H,2,5H2,1H3;/q-1;. The molecule has 0 bridgehead atoms. The van der Waals surface area contributed by atoms with Crippen molar-refractivity contribution in [3.8, 4) is 0 Å². The minimum absolute atomic E-state index is 0. The van der Waals surface area contributed by atoms with Crippen LogP contribution in [0.25, 0.3) is 10.8 Å². The van der Waals surface area contributed by atoms with Crippen LogP contribution in [0.15, 0.2) is 36.4 Å². The van der Waals surface area contributed by atoms with Gasteiger partial charge in [-0.05, 0) is 0 Å². The molecule has 0 unspecified atom stereocenters. The van der Waals surface area contributed by atoms with Gasteiger partial charge in [-0.25, -0.2) is 0 Å². The van der Waals surface area contributed by atoms with E-state index in [-0.39, 0.29) is 26.2 Å². The molecule has 0 aromatic heterocycles. The van der Waals surface area contributed by atoms with Crippen molar-refractivity contribution in [2.75, 3.05) is 0 Å². The summed E-state index contributed by atoms with van der Waals surface area (Å²) < 4.78 is 0. The summed E-state index contributed by atoms with van der Waals surface area (Å²) >= 11 is 0. The van der Waals surface area contributed by atoms with Crippen LogP contribution in [0.5, 0.6) is 0 Å². The van der Waals surface area contributed by atoms with Crippen molar-refractivity contribution in [3.63, 3.8) is 0 Å². The molecule has 0 N–H and O–H groups in total. The predicted molar refractivity (Wildman–Crippen MR) is 53.5 cm³/mol. The molecule has 2 rings (SSSR count). The summed E-state index contributed by atoms with van der Waals surface area (Å²) in [7, 11) is 0. The third-order valence-electron chi connectivity index (χ3n) is 2.29. The van der Waals surface area contributed by atoms with Crippen LogP contribution in [0.2, 0.25) is 0 Å². The van der Waals surface area contributed by atoms with E-state index in [4.69, 9.17) is 0 Å². The molecule has 0 aliphatic carbocycles. The monoisotopic (exact) mass is 247 g/mol. The molecule has 0 heterocycles. The van der Waals surface area contributed by atoms with Crippen molar-refractivity contribution in [1.82, 2.24) is 0 Å². The van der Waals surface area contributed by atoms with Crippen molar-refractivity contribution in [2.24, 2.45) is 0 Å². The minimum atomic E-state index is 0. The summed E-state index contributed by atoms with van der Waals surface area (Å²) in [5.74, 6) is 0. The van der Waals surface area contributed by atoms with Gasteiger partial charge >= 0.3 is 0 Å². The average molecular weight is 248 g/mol. The summed E-state index contributed by atoms with van der Waals surface area (Å²) in [5, 5.41) is 2.81. The number of hydrogen-bond donors (Lipinski definition) is 0.